The van der Waals surface area contributed by atoms with Crippen LogP contribution in [0.5, 0.6) is 0 Å². The maximum Gasteiger partial charge on any atom is 0.0714 e. The molecule has 1 fully saturated rings. The van der Waals surface area contributed by atoms with Gasteiger partial charge < -0.3 is 9.64 Å². The van der Waals surface area contributed by atoms with E-state index in [1.807, 2.05) is 0 Å². The van der Waals surface area contributed by atoms with Crippen LogP contribution in [-0.4, -0.2) is 37.7 Å². The molecule has 2 heteroatoms. The molecule has 0 aliphatic carbocycles. The molecule has 0 radical (unpaired) electrons. The number of unbranched alkanes of at least 4 members (excludes halogenated alkanes) is 2. The first-order valence-electron chi connectivity index (χ1n) is 5.13. The highest BCUT2D eigenvalue weighted by molar-refractivity contribution is 4.72. The smallest absolute Gasteiger partial charge is 0.0714 e. The fourth-order valence-corrected chi connectivity index (χ4v) is 1.63. The second-order valence-electron chi connectivity index (χ2n) is 3.75. The Morgan fingerprint density at radius 2 is 2.25 bits per heavy atom. The Morgan fingerprint density at radius 1 is 1.42 bits per heavy atom. The predicted octanol–water partition coefficient (Wildman–Crippen LogP) is 1.90. The fourth-order valence-electron chi connectivity index (χ4n) is 1.63. The average Bonchev–Trinajstić information content (AvgIpc) is 2.45. The lowest BCUT2D eigenvalue weighted by molar-refractivity contribution is 0.0584. The van der Waals surface area contributed by atoms with Crippen LogP contribution in [0.25, 0.3) is 0 Å². The third-order valence-corrected chi connectivity index (χ3v) is 2.45. The zero-order valence-corrected chi connectivity index (χ0v) is 8.38. The van der Waals surface area contributed by atoms with E-state index in [4.69, 9.17) is 4.74 Å². The zero-order chi connectivity index (χ0) is 8.81. The summed E-state index contributed by atoms with van der Waals surface area (Å²) in [5.74, 6) is 0. The Labute approximate surface area is 75.9 Å². The Morgan fingerprint density at radius 3 is 2.83 bits per heavy atom. The predicted molar refractivity (Wildman–Crippen MR) is 51.4 cm³/mol. The Balaban J connectivity index is 1.93. The summed E-state index contributed by atoms with van der Waals surface area (Å²) >= 11 is 0. The van der Waals surface area contributed by atoms with Gasteiger partial charge in [-0.2, -0.15) is 0 Å². The van der Waals surface area contributed by atoms with E-state index >= 15 is 0 Å². The zero-order valence-electron chi connectivity index (χ0n) is 8.38. The molecular weight excluding hydrogens is 150 g/mol. The number of likely N-dealkylation sites (N-methyl/N-ethyl adjacent to an activating group) is 1. The maximum absolute atomic E-state index is 5.73. The number of hydrogen-bond acceptors (Lipinski definition) is 2. The number of ether oxygens (including phenoxy) is 1. The summed E-state index contributed by atoms with van der Waals surface area (Å²) in [5.41, 5.74) is 0. The molecule has 12 heavy (non-hydrogen) atoms. The van der Waals surface area contributed by atoms with Gasteiger partial charge in [0.15, 0.2) is 0 Å². The van der Waals surface area contributed by atoms with Gasteiger partial charge in [0.05, 0.1) is 6.10 Å². The van der Waals surface area contributed by atoms with Crippen LogP contribution in [0.3, 0.4) is 0 Å². The lowest BCUT2D eigenvalue weighted by Crippen LogP contribution is -2.19. The van der Waals surface area contributed by atoms with Gasteiger partial charge in [0.25, 0.3) is 0 Å². The highest BCUT2D eigenvalue weighted by Crippen LogP contribution is 2.10. The molecule has 72 valence electrons. The van der Waals surface area contributed by atoms with Crippen LogP contribution in [0.15, 0.2) is 0 Å². The third-order valence-electron chi connectivity index (χ3n) is 2.45. The van der Waals surface area contributed by atoms with E-state index in [1.54, 1.807) is 0 Å². The van der Waals surface area contributed by atoms with Gasteiger partial charge in [-0.25, -0.2) is 0 Å². The number of nitrogens with zero attached hydrogens (tertiary/aromatic N) is 1. The van der Waals surface area contributed by atoms with Crippen molar-refractivity contribution in [1.29, 1.82) is 0 Å². The largest absolute Gasteiger partial charge is 0.377 e. The van der Waals surface area contributed by atoms with Crippen molar-refractivity contribution in [2.45, 2.75) is 38.7 Å². The summed E-state index contributed by atoms with van der Waals surface area (Å²) in [7, 11) is 2.16. The van der Waals surface area contributed by atoms with E-state index in [-0.39, 0.29) is 0 Å². The molecule has 0 spiro atoms. The van der Waals surface area contributed by atoms with Crippen LogP contribution in [0.2, 0.25) is 0 Å². The van der Waals surface area contributed by atoms with Crippen LogP contribution in [0.4, 0.5) is 0 Å². The molecule has 2 nitrogen and oxygen atoms in total. The molecule has 0 amide bonds. The second kappa shape index (κ2) is 5.55. The lowest BCUT2D eigenvalue weighted by atomic mass is 10.2. The van der Waals surface area contributed by atoms with Crippen molar-refractivity contribution >= 4 is 0 Å². The van der Waals surface area contributed by atoms with E-state index in [0.29, 0.717) is 6.10 Å². The standard InChI is InChI=1S/C10H21NO/c1-3-4-5-8-12-10-6-7-11(2)9-10/h10H,3-9H2,1-2H3. The van der Waals surface area contributed by atoms with Gasteiger partial charge >= 0.3 is 0 Å². The van der Waals surface area contributed by atoms with Crippen molar-refractivity contribution in [2.75, 3.05) is 26.7 Å². The molecule has 1 saturated heterocycles. The van der Waals surface area contributed by atoms with E-state index in [2.05, 4.69) is 18.9 Å². The van der Waals surface area contributed by atoms with Gasteiger partial charge in [0, 0.05) is 19.7 Å². The van der Waals surface area contributed by atoms with Gasteiger partial charge in [-0.1, -0.05) is 19.8 Å². The van der Waals surface area contributed by atoms with E-state index < -0.39 is 0 Å². The molecule has 0 aromatic rings. The van der Waals surface area contributed by atoms with Crippen molar-refractivity contribution in [3.63, 3.8) is 0 Å². The molecule has 0 N–H and O–H groups in total. The van der Waals surface area contributed by atoms with Crippen molar-refractivity contribution in [2.24, 2.45) is 0 Å². The van der Waals surface area contributed by atoms with Crippen LogP contribution < -0.4 is 0 Å². The molecule has 1 atom stereocenters. The summed E-state index contributed by atoms with van der Waals surface area (Å²) in [6, 6.07) is 0. The third kappa shape index (κ3) is 3.55. The van der Waals surface area contributed by atoms with Crippen LogP contribution >= 0.6 is 0 Å². The summed E-state index contributed by atoms with van der Waals surface area (Å²) < 4.78 is 5.73. The minimum Gasteiger partial charge on any atom is -0.377 e. The lowest BCUT2D eigenvalue weighted by Gasteiger charge is -2.11. The Kier molecular flexibility index (Phi) is 4.62. The first kappa shape index (κ1) is 10.0. The Hall–Kier alpha value is -0.0800. The van der Waals surface area contributed by atoms with Crippen LogP contribution in [0.1, 0.15) is 32.6 Å². The normalized spacial score (nSPS) is 25.0. The molecule has 0 saturated carbocycles. The molecule has 1 aliphatic rings. The highest BCUT2D eigenvalue weighted by Gasteiger charge is 2.18. The molecule has 0 bridgehead atoms. The Bertz CT molecular complexity index is 116. The van der Waals surface area contributed by atoms with Crippen LogP contribution in [-0.2, 0) is 4.74 Å². The van der Waals surface area contributed by atoms with Gasteiger partial charge in [-0.05, 0) is 19.9 Å². The topological polar surface area (TPSA) is 12.5 Å². The molecule has 1 unspecified atom stereocenters. The summed E-state index contributed by atoms with van der Waals surface area (Å²) in [6.07, 6.45) is 5.57. The number of likely N-dealkylation sites (tertiary alicyclic amines) is 1. The molecule has 1 aliphatic heterocycles. The van der Waals surface area contributed by atoms with Gasteiger partial charge in [0.2, 0.25) is 0 Å². The molecule has 1 heterocycles. The molecule has 1 rings (SSSR count). The summed E-state index contributed by atoms with van der Waals surface area (Å²) in [4.78, 5) is 2.34. The monoisotopic (exact) mass is 171 g/mol. The summed E-state index contributed by atoms with van der Waals surface area (Å²) in [6.45, 7) is 5.53. The molecule has 0 aromatic heterocycles. The van der Waals surface area contributed by atoms with Gasteiger partial charge in [0.1, 0.15) is 0 Å². The number of rotatable bonds is 5. The van der Waals surface area contributed by atoms with Crippen molar-refractivity contribution < 1.29 is 4.74 Å². The van der Waals surface area contributed by atoms with Crippen molar-refractivity contribution in [3.8, 4) is 0 Å². The SMILES string of the molecule is CCCCCOC1CCN(C)C1. The van der Waals surface area contributed by atoms with Crippen molar-refractivity contribution in [3.05, 3.63) is 0 Å². The van der Waals surface area contributed by atoms with Gasteiger partial charge in [-0.3, -0.25) is 0 Å². The molecular formula is C10H21NO. The van der Waals surface area contributed by atoms with E-state index in [1.165, 1.54) is 32.2 Å². The maximum atomic E-state index is 5.73. The first-order valence-corrected chi connectivity index (χ1v) is 5.13. The van der Waals surface area contributed by atoms with Crippen LogP contribution in [0, 0.1) is 0 Å². The number of hydrogen-bond donors (Lipinski definition) is 0. The van der Waals surface area contributed by atoms with Gasteiger partial charge in [-0.15, -0.1) is 0 Å². The minimum atomic E-state index is 0.520. The summed E-state index contributed by atoms with van der Waals surface area (Å²) in [5, 5.41) is 0. The van der Waals surface area contributed by atoms with E-state index in [9.17, 15) is 0 Å². The fraction of sp³-hybridized carbons (Fsp3) is 1.00. The van der Waals surface area contributed by atoms with E-state index in [0.717, 1.165) is 13.2 Å². The van der Waals surface area contributed by atoms with Crippen molar-refractivity contribution in [1.82, 2.24) is 4.90 Å². The minimum absolute atomic E-state index is 0.520. The average molecular weight is 171 g/mol. The molecule has 0 aromatic carbocycles. The second-order valence-corrected chi connectivity index (χ2v) is 3.75. The quantitative estimate of drug-likeness (QED) is 0.586. The first-order chi connectivity index (χ1) is 5.83. The highest BCUT2D eigenvalue weighted by atomic mass is 16.5.